The first-order valence-electron chi connectivity index (χ1n) is 6.84. The lowest BCUT2D eigenvalue weighted by Gasteiger charge is -2.06. The molecule has 0 radical (unpaired) electrons. The number of nitrogens with one attached hydrogen (secondary N) is 1. The maximum absolute atomic E-state index is 12.1. The van der Waals surface area contributed by atoms with Gasteiger partial charge in [-0.2, -0.15) is 0 Å². The van der Waals surface area contributed by atoms with Crippen LogP contribution in [0.25, 0.3) is 0 Å². The molecule has 2 aromatic rings. The summed E-state index contributed by atoms with van der Waals surface area (Å²) in [6.07, 6.45) is 0.925. The molecule has 1 aliphatic carbocycles. The van der Waals surface area contributed by atoms with Crippen molar-refractivity contribution in [3.05, 3.63) is 71.3 Å². The van der Waals surface area contributed by atoms with Gasteiger partial charge in [0.05, 0.1) is 5.56 Å². The number of benzene rings is 2. The Balaban J connectivity index is 1.66. The first-order valence-corrected chi connectivity index (χ1v) is 6.84. The van der Waals surface area contributed by atoms with E-state index < -0.39 is 5.97 Å². The molecule has 3 rings (SSSR count). The summed E-state index contributed by atoms with van der Waals surface area (Å²) in [4.78, 5) is 23.1. The Bertz CT molecular complexity index is 681. The zero-order valence-corrected chi connectivity index (χ0v) is 11.3. The number of hydrogen-bond acceptors (Lipinski definition) is 2. The lowest BCUT2D eigenvalue weighted by Crippen LogP contribution is -2.26. The highest BCUT2D eigenvalue weighted by Gasteiger charge is 2.39. The standard InChI is InChI=1S/C17H15NO3/c19-16(12-7-4-8-13(9-12)17(20)21)18-15-10-14(15)11-5-2-1-3-6-11/h1-9,14-15H,10H2,(H,18,19)(H,20,21). The minimum atomic E-state index is -1.03. The van der Waals surface area contributed by atoms with E-state index in [9.17, 15) is 9.59 Å². The van der Waals surface area contributed by atoms with E-state index >= 15 is 0 Å². The van der Waals surface area contributed by atoms with Gasteiger partial charge in [0.1, 0.15) is 0 Å². The quantitative estimate of drug-likeness (QED) is 0.905. The third kappa shape index (κ3) is 2.94. The third-order valence-corrected chi connectivity index (χ3v) is 3.71. The molecule has 4 nitrogen and oxygen atoms in total. The number of carboxylic acids is 1. The Morgan fingerprint density at radius 2 is 1.71 bits per heavy atom. The van der Waals surface area contributed by atoms with Crippen molar-refractivity contribution in [2.45, 2.75) is 18.4 Å². The molecular formula is C17H15NO3. The molecule has 0 heterocycles. The molecular weight excluding hydrogens is 266 g/mol. The second kappa shape index (κ2) is 5.40. The maximum atomic E-state index is 12.1. The molecule has 2 unspecified atom stereocenters. The van der Waals surface area contributed by atoms with Crippen molar-refractivity contribution in [3.63, 3.8) is 0 Å². The van der Waals surface area contributed by atoms with Crippen molar-refractivity contribution in [1.29, 1.82) is 0 Å². The molecule has 1 fully saturated rings. The highest BCUT2D eigenvalue weighted by atomic mass is 16.4. The Morgan fingerprint density at radius 1 is 1.00 bits per heavy atom. The molecule has 2 aromatic carbocycles. The summed E-state index contributed by atoms with van der Waals surface area (Å²) in [5.41, 5.74) is 1.73. The van der Waals surface area contributed by atoms with Crippen LogP contribution in [0.5, 0.6) is 0 Å². The zero-order valence-electron chi connectivity index (χ0n) is 11.3. The first kappa shape index (κ1) is 13.4. The molecule has 0 bridgehead atoms. The van der Waals surface area contributed by atoms with Crippen molar-refractivity contribution in [1.82, 2.24) is 5.32 Å². The zero-order chi connectivity index (χ0) is 14.8. The fraction of sp³-hybridized carbons (Fsp3) is 0.176. The Kier molecular flexibility index (Phi) is 3.44. The average Bonchev–Trinajstić information content (AvgIpc) is 3.27. The van der Waals surface area contributed by atoms with Crippen molar-refractivity contribution >= 4 is 11.9 Å². The summed E-state index contributed by atoms with van der Waals surface area (Å²) in [5.74, 6) is -0.891. The van der Waals surface area contributed by atoms with E-state index in [2.05, 4.69) is 17.4 Å². The summed E-state index contributed by atoms with van der Waals surface area (Å²) in [6, 6.07) is 16.3. The molecule has 1 amide bonds. The van der Waals surface area contributed by atoms with Gasteiger partial charge < -0.3 is 10.4 Å². The molecule has 2 N–H and O–H groups in total. The van der Waals surface area contributed by atoms with E-state index in [1.54, 1.807) is 12.1 Å². The topological polar surface area (TPSA) is 66.4 Å². The van der Waals surface area contributed by atoms with Gasteiger partial charge in [-0.25, -0.2) is 4.79 Å². The molecule has 1 aliphatic rings. The fourth-order valence-corrected chi connectivity index (χ4v) is 2.47. The molecule has 0 saturated heterocycles. The van der Waals surface area contributed by atoms with Crippen molar-refractivity contribution in [2.75, 3.05) is 0 Å². The summed E-state index contributed by atoms with van der Waals surface area (Å²) >= 11 is 0. The Labute approximate surface area is 122 Å². The molecule has 2 atom stereocenters. The average molecular weight is 281 g/mol. The van der Waals surface area contributed by atoms with E-state index in [1.165, 1.54) is 17.7 Å². The van der Waals surface area contributed by atoms with Crippen LogP contribution in [-0.4, -0.2) is 23.0 Å². The van der Waals surface area contributed by atoms with Crippen molar-refractivity contribution < 1.29 is 14.7 Å². The van der Waals surface area contributed by atoms with Gasteiger partial charge in [0, 0.05) is 17.5 Å². The lowest BCUT2D eigenvalue weighted by atomic mass is 10.1. The van der Waals surface area contributed by atoms with Gasteiger partial charge in [0.2, 0.25) is 0 Å². The van der Waals surface area contributed by atoms with Gasteiger partial charge in [-0.05, 0) is 30.2 Å². The number of carbonyl (C=O) groups excluding carboxylic acids is 1. The molecule has 106 valence electrons. The molecule has 1 saturated carbocycles. The smallest absolute Gasteiger partial charge is 0.335 e. The highest BCUT2D eigenvalue weighted by molar-refractivity contribution is 5.97. The normalized spacial score (nSPS) is 19.8. The summed E-state index contributed by atoms with van der Waals surface area (Å²) in [6.45, 7) is 0. The fourth-order valence-electron chi connectivity index (χ4n) is 2.47. The van der Waals surface area contributed by atoms with Gasteiger partial charge in [0.15, 0.2) is 0 Å². The molecule has 21 heavy (non-hydrogen) atoms. The van der Waals surface area contributed by atoms with E-state index in [0.29, 0.717) is 11.5 Å². The second-order valence-electron chi connectivity index (χ2n) is 5.22. The van der Waals surface area contributed by atoms with Crippen LogP contribution in [0, 0.1) is 0 Å². The predicted molar refractivity (Wildman–Crippen MR) is 78.5 cm³/mol. The van der Waals surface area contributed by atoms with Crippen LogP contribution in [0.1, 0.15) is 38.6 Å². The van der Waals surface area contributed by atoms with Crippen LogP contribution in [0.2, 0.25) is 0 Å². The van der Waals surface area contributed by atoms with E-state index in [-0.39, 0.29) is 17.5 Å². The molecule has 0 aromatic heterocycles. The summed E-state index contributed by atoms with van der Waals surface area (Å²) in [7, 11) is 0. The van der Waals surface area contributed by atoms with Gasteiger partial charge in [0.25, 0.3) is 5.91 Å². The number of hydrogen-bond donors (Lipinski definition) is 2. The van der Waals surface area contributed by atoms with E-state index in [1.807, 2.05) is 18.2 Å². The van der Waals surface area contributed by atoms with Gasteiger partial charge >= 0.3 is 5.97 Å². The Morgan fingerprint density at radius 3 is 2.43 bits per heavy atom. The number of carboxylic acid groups (broad SMARTS) is 1. The summed E-state index contributed by atoms with van der Waals surface area (Å²) in [5, 5.41) is 11.9. The van der Waals surface area contributed by atoms with Crippen LogP contribution in [-0.2, 0) is 0 Å². The molecule has 0 spiro atoms. The first-order chi connectivity index (χ1) is 10.1. The van der Waals surface area contributed by atoms with Crippen molar-refractivity contribution in [2.24, 2.45) is 0 Å². The largest absolute Gasteiger partial charge is 0.478 e. The molecule has 4 heteroatoms. The third-order valence-electron chi connectivity index (χ3n) is 3.71. The van der Waals surface area contributed by atoms with E-state index in [0.717, 1.165) is 6.42 Å². The Hall–Kier alpha value is -2.62. The number of amides is 1. The van der Waals surface area contributed by atoms with Crippen LogP contribution in [0.4, 0.5) is 0 Å². The molecule has 0 aliphatic heterocycles. The second-order valence-corrected chi connectivity index (χ2v) is 5.22. The van der Waals surface area contributed by atoms with Crippen molar-refractivity contribution in [3.8, 4) is 0 Å². The van der Waals surface area contributed by atoms with Crippen LogP contribution < -0.4 is 5.32 Å². The SMILES string of the molecule is O=C(O)c1cccc(C(=O)NC2CC2c2ccccc2)c1. The predicted octanol–water partition coefficient (Wildman–Crippen LogP) is 2.67. The number of rotatable bonds is 4. The minimum Gasteiger partial charge on any atom is -0.478 e. The summed E-state index contributed by atoms with van der Waals surface area (Å²) < 4.78 is 0. The monoisotopic (exact) mass is 281 g/mol. The van der Waals surface area contributed by atoms with Gasteiger partial charge in [-0.1, -0.05) is 36.4 Å². The van der Waals surface area contributed by atoms with Crippen LogP contribution >= 0.6 is 0 Å². The maximum Gasteiger partial charge on any atom is 0.335 e. The number of carbonyl (C=O) groups is 2. The van der Waals surface area contributed by atoms with Gasteiger partial charge in [-0.3, -0.25) is 4.79 Å². The van der Waals surface area contributed by atoms with Gasteiger partial charge in [-0.15, -0.1) is 0 Å². The number of aromatic carboxylic acids is 1. The lowest BCUT2D eigenvalue weighted by molar-refractivity contribution is 0.0697. The highest BCUT2D eigenvalue weighted by Crippen LogP contribution is 2.40. The van der Waals surface area contributed by atoms with Crippen LogP contribution in [0.15, 0.2) is 54.6 Å². The van der Waals surface area contributed by atoms with Crippen LogP contribution in [0.3, 0.4) is 0 Å². The van der Waals surface area contributed by atoms with E-state index in [4.69, 9.17) is 5.11 Å². The minimum absolute atomic E-state index is 0.123.